The summed E-state index contributed by atoms with van der Waals surface area (Å²) in [6.07, 6.45) is 5.97. The lowest BCUT2D eigenvalue weighted by molar-refractivity contribution is 0.735. The number of allylic oxidation sites excluding steroid dienone is 4. The molecule has 0 aromatic heterocycles. The predicted octanol–water partition coefficient (Wildman–Crippen LogP) is 4.57. The first-order chi connectivity index (χ1) is 13.2. The van der Waals surface area contributed by atoms with E-state index in [1.807, 2.05) is 0 Å². The van der Waals surface area contributed by atoms with Gasteiger partial charge in [0.1, 0.15) is 0 Å². The van der Waals surface area contributed by atoms with Crippen LogP contribution in [0.1, 0.15) is 25.8 Å². The van der Waals surface area contributed by atoms with Crippen molar-refractivity contribution in [2.24, 2.45) is 5.92 Å². The van der Waals surface area contributed by atoms with E-state index >= 15 is 0 Å². The molecule has 0 fully saturated rings. The van der Waals surface area contributed by atoms with Crippen LogP contribution in [0.3, 0.4) is 0 Å². The second-order valence-electron chi connectivity index (χ2n) is 7.52. The lowest BCUT2D eigenvalue weighted by Crippen LogP contribution is -2.53. The minimum atomic E-state index is 0.231. The Labute approximate surface area is 163 Å². The van der Waals surface area contributed by atoms with Gasteiger partial charge in [0.2, 0.25) is 6.71 Å². The van der Waals surface area contributed by atoms with E-state index < -0.39 is 0 Å². The third-order valence-electron chi connectivity index (χ3n) is 5.50. The molecular formula is C26H25B. The van der Waals surface area contributed by atoms with Gasteiger partial charge >= 0.3 is 0 Å². The molecule has 0 amide bonds. The van der Waals surface area contributed by atoms with Crippen LogP contribution in [0.4, 0.5) is 0 Å². The Morgan fingerprint density at radius 2 is 1.30 bits per heavy atom. The summed E-state index contributed by atoms with van der Waals surface area (Å²) in [6.45, 7) is 4.78. The second kappa shape index (κ2) is 7.84. The van der Waals surface area contributed by atoms with Gasteiger partial charge in [0.15, 0.2) is 0 Å². The van der Waals surface area contributed by atoms with Gasteiger partial charge in [-0.1, -0.05) is 120 Å². The molecule has 132 valence electrons. The third kappa shape index (κ3) is 3.69. The maximum absolute atomic E-state index is 2.45. The number of hydrogen-bond donors (Lipinski definition) is 0. The van der Waals surface area contributed by atoms with Gasteiger partial charge in [0.05, 0.1) is 0 Å². The Balaban J connectivity index is 1.91. The van der Waals surface area contributed by atoms with Crippen molar-refractivity contribution in [1.29, 1.82) is 0 Å². The summed E-state index contributed by atoms with van der Waals surface area (Å²) in [6, 6.07) is 30.6. The summed E-state index contributed by atoms with van der Waals surface area (Å²) in [7, 11) is 0. The smallest absolute Gasteiger partial charge is 0.0804 e. The summed E-state index contributed by atoms with van der Waals surface area (Å²) in [4.78, 5) is 0. The van der Waals surface area contributed by atoms with Crippen molar-refractivity contribution in [3.05, 3.63) is 108 Å². The summed E-state index contributed by atoms with van der Waals surface area (Å²) in [5, 5.41) is 0. The van der Waals surface area contributed by atoms with Crippen LogP contribution in [0.25, 0.3) is 5.57 Å². The molecule has 1 atom stereocenters. The molecule has 0 spiro atoms. The summed E-state index contributed by atoms with van der Waals surface area (Å²) < 4.78 is 0. The summed E-state index contributed by atoms with van der Waals surface area (Å²) >= 11 is 0. The molecular weight excluding hydrogens is 323 g/mol. The van der Waals surface area contributed by atoms with Crippen LogP contribution >= 0.6 is 0 Å². The summed E-state index contributed by atoms with van der Waals surface area (Å²) in [5.41, 5.74) is 8.18. The van der Waals surface area contributed by atoms with Crippen molar-refractivity contribution < 1.29 is 0 Å². The molecule has 1 unspecified atom stereocenters. The van der Waals surface area contributed by atoms with E-state index in [4.69, 9.17) is 0 Å². The van der Waals surface area contributed by atoms with Gasteiger partial charge in [0.25, 0.3) is 0 Å². The minimum Gasteiger partial charge on any atom is -0.0804 e. The van der Waals surface area contributed by atoms with Crippen molar-refractivity contribution in [3.63, 3.8) is 0 Å². The molecule has 4 rings (SSSR count). The number of rotatable bonds is 4. The van der Waals surface area contributed by atoms with E-state index in [2.05, 4.69) is 111 Å². The molecule has 0 saturated heterocycles. The number of hydrogen-bond acceptors (Lipinski definition) is 0. The van der Waals surface area contributed by atoms with E-state index in [1.165, 1.54) is 33.1 Å². The molecule has 0 radical (unpaired) electrons. The maximum Gasteiger partial charge on any atom is 0.241 e. The SMILES string of the molecule is CC1=CCC(C)C=C1c1ccccc1B(c1ccccc1)c1ccccc1. The van der Waals surface area contributed by atoms with Crippen LogP contribution in [0, 0.1) is 5.92 Å². The first-order valence-electron chi connectivity index (χ1n) is 9.82. The highest BCUT2D eigenvalue weighted by Gasteiger charge is 2.25. The zero-order valence-corrected chi connectivity index (χ0v) is 16.1. The van der Waals surface area contributed by atoms with Crippen LogP contribution in [-0.4, -0.2) is 6.71 Å². The Kier molecular flexibility index (Phi) is 5.11. The van der Waals surface area contributed by atoms with E-state index in [1.54, 1.807) is 0 Å². The largest absolute Gasteiger partial charge is 0.241 e. The lowest BCUT2D eigenvalue weighted by atomic mass is 9.36. The van der Waals surface area contributed by atoms with E-state index in [0.717, 1.165) is 6.42 Å². The molecule has 27 heavy (non-hydrogen) atoms. The maximum atomic E-state index is 2.45. The lowest BCUT2D eigenvalue weighted by Gasteiger charge is -2.23. The van der Waals surface area contributed by atoms with Crippen LogP contribution in [0.15, 0.2) is 103 Å². The van der Waals surface area contributed by atoms with Crippen LogP contribution in [-0.2, 0) is 0 Å². The highest BCUT2D eigenvalue weighted by molar-refractivity contribution is 6.96. The van der Waals surface area contributed by atoms with Gasteiger partial charge in [-0.3, -0.25) is 0 Å². The normalized spacial score (nSPS) is 16.4. The third-order valence-corrected chi connectivity index (χ3v) is 5.50. The molecule has 1 aliphatic carbocycles. The van der Waals surface area contributed by atoms with Crippen LogP contribution < -0.4 is 16.4 Å². The first kappa shape index (κ1) is 17.6. The van der Waals surface area contributed by atoms with Crippen LogP contribution in [0.2, 0.25) is 0 Å². The molecule has 0 aliphatic heterocycles. The average molecular weight is 348 g/mol. The van der Waals surface area contributed by atoms with Gasteiger partial charge in [-0.2, -0.15) is 0 Å². The monoisotopic (exact) mass is 348 g/mol. The van der Waals surface area contributed by atoms with E-state index in [9.17, 15) is 0 Å². The molecule has 3 aromatic rings. The Hall–Kier alpha value is -2.80. The van der Waals surface area contributed by atoms with E-state index in [-0.39, 0.29) is 6.71 Å². The standard InChI is InChI=1S/C26H25B/c1-20-17-18-21(2)25(19-20)24-15-9-10-16-26(24)27(22-11-5-3-6-12-22)23-13-7-4-8-14-23/h3-16,18-20H,17H2,1-2H3. The van der Waals surface area contributed by atoms with Gasteiger partial charge in [-0.25, -0.2) is 0 Å². The van der Waals surface area contributed by atoms with Gasteiger partial charge in [0, 0.05) is 0 Å². The Bertz CT molecular complexity index is 928. The highest BCUT2D eigenvalue weighted by atomic mass is 14.2. The molecule has 0 heterocycles. The molecule has 0 nitrogen and oxygen atoms in total. The molecule has 1 aliphatic rings. The van der Waals surface area contributed by atoms with Crippen molar-refractivity contribution in [3.8, 4) is 0 Å². The quantitative estimate of drug-likeness (QED) is 0.606. The first-order valence-corrected chi connectivity index (χ1v) is 9.82. The van der Waals surface area contributed by atoms with Crippen molar-refractivity contribution >= 4 is 28.7 Å². The minimum absolute atomic E-state index is 0.231. The fraction of sp³-hybridized carbons (Fsp3) is 0.154. The van der Waals surface area contributed by atoms with Crippen molar-refractivity contribution in [2.45, 2.75) is 20.3 Å². The fourth-order valence-electron chi connectivity index (χ4n) is 4.10. The van der Waals surface area contributed by atoms with Gasteiger partial charge in [-0.15, -0.1) is 0 Å². The zero-order chi connectivity index (χ0) is 18.6. The topological polar surface area (TPSA) is 0 Å². The molecule has 3 aromatic carbocycles. The fourth-order valence-corrected chi connectivity index (χ4v) is 4.10. The van der Waals surface area contributed by atoms with Crippen LogP contribution in [0.5, 0.6) is 0 Å². The average Bonchev–Trinajstić information content (AvgIpc) is 2.72. The second-order valence-corrected chi connectivity index (χ2v) is 7.52. The zero-order valence-electron chi connectivity index (χ0n) is 16.1. The predicted molar refractivity (Wildman–Crippen MR) is 119 cm³/mol. The molecule has 0 bridgehead atoms. The van der Waals surface area contributed by atoms with E-state index in [0.29, 0.717) is 5.92 Å². The summed E-state index contributed by atoms with van der Waals surface area (Å²) in [5.74, 6) is 0.587. The Morgan fingerprint density at radius 3 is 1.93 bits per heavy atom. The van der Waals surface area contributed by atoms with Gasteiger partial charge < -0.3 is 0 Å². The molecule has 1 heteroatoms. The number of benzene rings is 3. The van der Waals surface area contributed by atoms with Gasteiger partial charge in [-0.05, 0) is 36.0 Å². The Morgan fingerprint density at radius 1 is 0.741 bits per heavy atom. The van der Waals surface area contributed by atoms with Crippen molar-refractivity contribution in [2.75, 3.05) is 0 Å². The molecule has 0 N–H and O–H groups in total. The van der Waals surface area contributed by atoms with Crippen molar-refractivity contribution in [1.82, 2.24) is 0 Å². The highest BCUT2D eigenvalue weighted by Crippen LogP contribution is 2.29. The molecule has 0 saturated carbocycles.